The highest BCUT2D eigenvalue weighted by molar-refractivity contribution is 5.84. The summed E-state index contributed by atoms with van der Waals surface area (Å²) in [6.07, 6.45) is 24.5. The molecule has 0 aromatic rings. The van der Waals surface area contributed by atoms with Gasteiger partial charge in [0.1, 0.15) is 5.60 Å². The van der Waals surface area contributed by atoms with Gasteiger partial charge in [-0.1, -0.05) is 149 Å². The number of hydrogen-bond acceptors (Lipinski definition) is 17. The van der Waals surface area contributed by atoms with Crippen LogP contribution in [-0.4, -0.2) is 176 Å². The molecule has 0 radical (unpaired) electrons. The highest BCUT2D eigenvalue weighted by Gasteiger charge is 2.68. The lowest BCUT2D eigenvalue weighted by molar-refractivity contribution is -0.170. The molecular formula is C96H158O25. The Morgan fingerprint density at radius 3 is 1.06 bits per heavy atom. The molecule has 25 heteroatoms. The predicted octanol–water partition coefficient (Wildman–Crippen LogP) is 17.6. The largest absolute Gasteiger partial charge is 0.481 e. The summed E-state index contributed by atoms with van der Waals surface area (Å²) < 4.78 is 38.2. The van der Waals surface area contributed by atoms with Gasteiger partial charge in [0, 0.05) is 13.0 Å². The molecule has 0 amide bonds. The molecule has 10 saturated carbocycles. The summed E-state index contributed by atoms with van der Waals surface area (Å²) in [5.74, 6) is 1.38. The number of rotatable bonds is 28. The quantitative estimate of drug-likeness (QED) is 0.0337. The van der Waals surface area contributed by atoms with Crippen LogP contribution in [-0.2, 0) is 81.1 Å². The maximum absolute atomic E-state index is 12.7. The van der Waals surface area contributed by atoms with Gasteiger partial charge in [-0.25, -0.2) is 0 Å². The minimum Gasteiger partial charge on any atom is -0.481 e. The maximum Gasteiger partial charge on any atom is 0.313 e. The van der Waals surface area contributed by atoms with E-state index < -0.39 is 125 Å². The molecule has 0 spiro atoms. The van der Waals surface area contributed by atoms with Gasteiger partial charge in [-0.05, 0) is 254 Å². The summed E-state index contributed by atoms with van der Waals surface area (Å²) in [5.41, 5.74) is -0.801. The van der Waals surface area contributed by atoms with Gasteiger partial charge in [0.25, 0.3) is 0 Å². The van der Waals surface area contributed by atoms with Gasteiger partial charge in [-0.3, -0.25) is 47.9 Å². The first-order chi connectivity index (χ1) is 57.5. The molecule has 0 aromatic heterocycles. The Hall–Kier alpha value is -5.50. The Morgan fingerprint density at radius 1 is 0.347 bits per heavy atom. The first-order valence-electron chi connectivity index (χ1n) is 47.7. The summed E-state index contributed by atoms with van der Waals surface area (Å²) in [5, 5.41) is 74.3. The van der Waals surface area contributed by atoms with Gasteiger partial charge < -0.3 is 74.0 Å². The van der Waals surface area contributed by atoms with Gasteiger partial charge in [0.2, 0.25) is 0 Å². The van der Waals surface area contributed by atoms with Crippen molar-refractivity contribution in [3.05, 3.63) is 0 Å². The summed E-state index contributed by atoms with van der Waals surface area (Å²) in [6, 6.07) is 0. The molecule has 14 aliphatic rings. The molecule has 10 aliphatic carbocycles. The molecule has 4 saturated heterocycles. The molecule has 8 N–H and O–H groups in total. The second-order valence-corrected chi connectivity index (χ2v) is 39.1. The first-order valence-corrected chi connectivity index (χ1v) is 47.7. The summed E-state index contributed by atoms with van der Waals surface area (Å²) in [4.78, 5) is 115. The standard InChI is InChI=1S/C17H28O5.2C16H26O2.C15H24O2.C11H18O5.C11H20O4.C10H16O5/c1-4-11-13(15(18)19)14(12(5-2)21-11)16(20)22-17(6-3)9-7-8-10-17;1-4-9-6-10(5-2)14-12-7-11(13(9)14)8-16(12,3)15(17)18;1-4-9-6-10(5-2)15-12-7-11(14(9)15)8(3)13(12)16(17)18;1-3-8-5-9(4-2)14-11-6-10(13(8)14)7-12(11)15(16)17;1-4-6-8(10(12)13)9(11(14)15-3)7(5-2)16-6;1-4-8-7(6-14-3)10(11(12)13)9(5-2)15-8;1-3-5-7(9(11)12)8(10(13)14)6(4-2)15-5/h11-14H,4-10H2,1-3H3,(H,18,19);9-14H,4-8H2,1-3H3,(H,17,18);8-15H,4-7H2,1-3H3,(H,17,18);8-14H,3-7H2,1-2H3,(H,16,17);6-9H,4-5H2,1-3H3,(H,12,13);7-10H,4-6H2,1-3H3,(H,12,13);5-8H,3-4H2,1-2H3,(H,11,12)(H,13,14). The number of esters is 2. The molecular weight excluding hydrogens is 1550 g/mol. The van der Waals surface area contributed by atoms with Gasteiger partial charge >= 0.3 is 59.7 Å². The summed E-state index contributed by atoms with van der Waals surface area (Å²) >= 11 is 0. The molecule has 4 aliphatic heterocycles. The summed E-state index contributed by atoms with van der Waals surface area (Å²) in [7, 11) is 2.87. The second kappa shape index (κ2) is 44.3. The number of fused-ring (bicyclic) bond motifs is 15. The topological polar surface area (TPSA) is 397 Å². The number of carboxylic acid groups (broad SMARTS) is 8. The van der Waals surface area contributed by atoms with Crippen molar-refractivity contribution in [2.45, 2.75) is 345 Å². The zero-order valence-electron chi connectivity index (χ0n) is 76.7. The number of aliphatic carboxylic acids is 8. The van der Waals surface area contributed by atoms with Gasteiger partial charge in [-0.15, -0.1) is 0 Å². The van der Waals surface area contributed by atoms with E-state index in [0.717, 1.165) is 135 Å². The third kappa shape index (κ3) is 20.6. The first kappa shape index (κ1) is 101. The van der Waals surface area contributed by atoms with Crippen LogP contribution < -0.4 is 0 Å². The Morgan fingerprint density at radius 2 is 0.694 bits per heavy atom. The predicted molar refractivity (Wildman–Crippen MR) is 453 cm³/mol. The monoisotopic (exact) mass is 1710 g/mol. The van der Waals surface area contributed by atoms with Crippen LogP contribution in [0.5, 0.6) is 0 Å². The van der Waals surface area contributed by atoms with Crippen LogP contribution in [0.25, 0.3) is 0 Å². The fourth-order valence-electron chi connectivity index (χ4n) is 28.7. The fourth-order valence-corrected chi connectivity index (χ4v) is 28.7. The van der Waals surface area contributed by atoms with E-state index in [1.165, 1.54) is 84.2 Å². The average Bonchev–Trinajstić information content (AvgIpc) is 1.55. The highest BCUT2D eigenvalue weighted by Crippen LogP contribution is 2.71. The Kier molecular flexibility index (Phi) is 36.9. The van der Waals surface area contributed by atoms with Crippen LogP contribution >= 0.6 is 0 Å². The van der Waals surface area contributed by atoms with Crippen LogP contribution in [0.4, 0.5) is 0 Å². The number of carboxylic acids is 8. The van der Waals surface area contributed by atoms with E-state index in [1.54, 1.807) is 21.0 Å². The van der Waals surface area contributed by atoms with E-state index in [1.807, 2.05) is 55.4 Å². The minimum atomic E-state index is -1.08. The van der Waals surface area contributed by atoms with Gasteiger partial charge in [0.15, 0.2) is 0 Å². The number of carbonyl (C=O) groups excluding carboxylic acids is 2. The van der Waals surface area contributed by atoms with Crippen LogP contribution in [0, 0.1) is 177 Å². The normalized spacial score (nSPS) is 42.7. The van der Waals surface area contributed by atoms with Crippen molar-refractivity contribution in [1.29, 1.82) is 0 Å². The van der Waals surface area contributed by atoms with E-state index >= 15 is 0 Å². The van der Waals surface area contributed by atoms with E-state index in [2.05, 4.69) is 53.2 Å². The lowest BCUT2D eigenvalue weighted by Gasteiger charge is -2.40. The lowest BCUT2D eigenvalue weighted by atomic mass is 9.63. The second-order valence-electron chi connectivity index (χ2n) is 39.1. The van der Waals surface area contributed by atoms with Crippen molar-refractivity contribution in [3.63, 3.8) is 0 Å². The average molecular weight is 1710 g/mol. The van der Waals surface area contributed by atoms with Crippen molar-refractivity contribution < 1.29 is 122 Å². The molecule has 6 bridgehead atoms. The molecule has 25 nitrogen and oxygen atoms in total. The van der Waals surface area contributed by atoms with Crippen molar-refractivity contribution in [1.82, 2.24) is 0 Å². The molecule has 692 valence electrons. The van der Waals surface area contributed by atoms with E-state index in [0.29, 0.717) is 80.6 Å². The molecule has 14 fully saturated rings. The molecule has 14 rings (SSSR count). The highest BCUT2D eigenvalue weighted by atomic mass is 16.6. The van der Waals surface area contributed by atoms with Crippen LogP contribution in [0.3, 0.4) is 0 Å². The Bertz CT molecular complexity index is 3400. The lowest BCUT2D eigenvalue weighted by Crippen LogP contribution is -2.41. The van der Waals surface area contributed by atoms with Crippen molar-refractivity contribution in [2.75, 3.05) is 20.8 Å². The van der Waals surface area contributed by atoms with Gasteiger partial charge in [0.05, 0.1) is 121 Å². The molecule has 0 aromatic carbocycles. The summed E-state index contributed by atoms with van der Waals surface area (Å²) in [6.45, 7) is 35.7. The number of carbonyl (C=O) groups is 10. The molecule has 38 unspecified atom stereocenters. The third-order valence-corrected chi connectivity index (χ3v) is 34.2. The molecule has 121 heavy (non-hydrogen) atoms. The van der Waals surface area contributed by atoms with Gasteiger partial charge in [-0.2, -0.15) is 0 Å². The third-order valence-electron chi connectivity index (χ3n) is 34.2. The van der Waals surface area contributed by atoms with E-state index in [-0.39, 0.29) is 53.7 Å². The van der Waals surface area contributed by atoms with Crippen molar-refractivity contribution in [2.24, 2.45) is 177 Å². The number of hydrogen-bond donors (Lipinski definition) is 8. The zero-order valence-corrected chi connectivity index (χ0v) is 76.7. The zero-order chi connectivity index (χ0) is 89.9. The SMILES string of the molecule is CCC1CC(CC)C2C1C1CC2C(C)(C(=O)O)C1.CCC1CC(CC)C2C3CC(C(C)C3C(=O)O)C12.CCC1CC(CC)C2C3CC(CC3C(=O)O)C12.CCC1OC(CC)C(C(=O)O)C1C(=O)O.CCC1OC(CC)C(C(=O)O)C1COC.CCC1OC(CC)C(C(=O)OC)C1C(=O)O.CCC1OC(CC)C(C(=O)OC2(CC)CCCC2)C1C(=O)O. The molecule has 38 atom stereocenters. The van der Waals surface area contributed by atoms with Crippen LogP contribution in [0.15, 0.2) is 0 Å². The fraction of sp³-hybridized carbons (Fsp3) is 0.896. The maximum atomic E-state index is 12.7. The Labute approximate surface area is 721 Å². The minimum absolute atomic E-state index is 0.00842. The van der Waals surface area contributed by atoms with Crippen LogP contribution in [0.2, 0.25) is 0 Å². The van der Waals surface area contributed by atoms with E-state index in [9.17, 15) is 73.5 Å². The molecule has 4 heterocycles. The van der Waals surface area contributed by atoms with Crippen molar-refractivity contribution >= 4 is 59.7 Å². The smallest absolute Gasteiger partial charge is 0.313 e. The van der Waals surface area contributed by atoms with E-state index in [4.69, 9.17) is 43.7 Å². The van der Waals surface area contributed by atoms with Crippen molar-refractivity contribution in [3.8, 4) is 0 Å². The number of ether oxygens (including phenoxy) is 7. The van der Waals surface area contributed by atoms with Crippen LogP contribution in [0.1, 0.15) is 291 Å². The Balaban J connectivity index is 0.000000176. The number of methoxy groups -OCH3 is 2.